The van der Waals surface area contributed by atoms with Gasteiger partial charge in [-0.3, -0.25) is 9.59 Å². The summed E-state index contributed by atoms with van der Waals surface area (Å²) in [7, 11) is 0. The molecule has 0 saturated heterocycles. The van der Waals surface area contributed by atoms with E-state index in [1.54, 1.807) is 13.0 Å². The van der Waals surface area contributed by atoms with E-state index < -0.39 is 6.10 Å². The van der Waals surface area contributed by atoms with E-state index in [4.69, 9.17) is 4.74 Å². The molecule has 0 aromatic carbocycles. The Morgan fingerprint density at radius 3 is 2.73 bits per heavy atom. The first-order valence-corrected chi connectivity index (χ1v) is 5.00. The maximum atomic E-state index is 11.4. The highest BCUT2D eigenvalue weighted by Crippen LogP contribution is 2.34. The fraction of sp³-hybridized carbons (Fsp3) is 0.500. The fourth-order valence-corrected chi connectivity index (χ4v) is 1.50. The van der Waals surface area contributed by atoms with E-state index in [9.17, 15) is 9.59 Å². The normalized spacial score (nSPS) is 24.1. The van der Waals surface area contributed by atoms with Gasteiger partial charge < -0.3 is 4.74 Å². The van der Waals surface area contributed by atoms with Crippen molar-refractivity contribution in [3.63, 3.8) is 0 Å². The summed E-state index contributed by atoms with van der Waals surface area (Å²) in [6.07, 6.45) is 3.01. The molecule has 0 aliphatic heterocycles. The Kier molecular flexibility index (Phi) is 3.12. The van der Waals surface area contributed by atoms with Gasteiger partial charge in [0.1, 0.15) is 6.10 Å². The minimum atomic E-state index is -0.539. The number of ether oxygens (including phenoxy) is 1. The van der Waals surface area contributed by atoms with Gasteiger partial charge in [-0.25, -0.2) is 0 Å². The van der Waals surface area contributed by atoms with Crippen LogP contribution in [-0.4, -0.2) is 17.9 Å². The van der Waals surface area contributed by atoms with Gasteiger partial charge in [0.05, 0.1) is 0 Å². The number of carbonyl (C=O) groups is 2. The summed E-state index contributed by atoms with van der Waals surface area (Å²) in [4.78, 5) is 22.6. The smallest absolute Gasteiger partial charge is 0.306 e. The van der Waals surface area contributed by atoms with Crippen molar-refractivity contribution >= 4 is 11.8 Å². The predicted octanol–water partition coefficient (Wildman–Crippen LogP) is 2.03. The zero-order valence-electron chi connectivity index (χ0n) is 9.37. The van der Waals surface area contributed by atoms with Crippen LogP contribution in [0.3, 0.4) is 0 Å². The van der Waals surface area contributed by atoms with Crippen LogP contribution in [0.15, 0.2) is 24.3 Å². The number of ketones is 1. The second kappa shape index (κ2) is 4.01. The molecular weight excluding hydrogens is 192 g/mol. The summed E-state index contributed by atoms with van der Waals surface area (Å²) >= 11 is 0. The van der Waals surface area contributed by atoms with E-state index in [1.807, 2.05) is 13.8 Å². The molecule has 0 amide bonds. The third-order valence-corrected chi connectivity index (χ3v) is 2.51. The monoisotopic (exact) mass is 208 g/mol. The molecule has 0 bridgehead atoms. The molecular formula is C12H16O3. The first kappa shape index (κ1) is 11.7. The van der Waals surface area contributed by atoms with Gasteiger partial charge in [-0.1, -0.05) is 33.4 Å². The van der Waals surface area contributed by atoms with Gasteiger partial charge in [-0.15, -0.1) is 0 Å². The summed E-state index contributed by atoms with van der Waals surface area (Å²) in [5, 5.41) is 0. The van der Waals surface area contributed by atoms with Crippen LogP contribution in [-0.2, 0) is 14.3 Å². The topological polar surface area (TPSA) is 43.4 Å². The molecule has 0 fully saturated rings. The first-order chi connectivity index (χ1) is 6.88. The van der Waals surface area contributed by atoms with Crippen molar-refractivity contribution in [1.82, 2.24) is 0 Å². The van der Waals surface area contributed by atoms with Crippen LogP contribution in [0.25, 0.3) is 0 Å². The quantitative estimate of drug-likeness (QED) is 0.515. The molecule has 82 valence electrons. The van der Waals surface area contributed by atoms with E-state index in [1.165, 1.54) is 6.08 Å². The van der Waals surface area contributed by atoms with Gasteiger partial charge in [0.15, 0.2) is 5.78 Å². The maximum absolute atomic E-state index is 11.4. The Morgan fingerprint density at radius 1 is 1.60 bits per heavy atom. The molecule has 0 saturated carbocycles. The van der Waals surface area contributed by atoms with E-state index in [2.05, 4.69) is 6.58 Å². The molecule has 0 aromatic heterocycles. The number of esters is 1. The van der Waals surface area contributed by atoms with Crippen LogP contribution in [0.4, 0.5) is 0 Å². The largest absolute Gasteiger partial charge is 0.456 e. The summed E-state index contributed by atoms with van der Waals surface area (Å²) in [6.45, 7) is 9.23. The Labute approximate surface area is 89.8 Å². The lowest BCUT2D eigenvalue weighted by Crippen LogP contribution is -2.38. The molecule has 15 heavy (non-hydrogen) atoms. The molecule has 0 heterocycles. The minimum Gasteiger partial charge on any atom is -0.456 e. The average Bonchev–Trinajstić information content (AvgIpc) is 2.19. The second-order valence-electron chi connectivity index (χ2n) is 4.27. The van der Waals surface area contributed by atoms with Crippen molar-refractivity contribution < 1.29 is 14.3 Å². The summed E-state index contributed by atoms with van der Waals surface area (Å²) in [5.74, 6) is -0.472. The molecule has 3 nitrogen and oxygen atoms in total. The molecule has 1 atom stereocenters. The van der Waals surface area contributed by atoms with Crippen LogP contribution in [0, 0.1) is 5.41 Å². The number of hydrogen-bond donors (Lipinski definition) is 0. The van der Waals surface area contributed by atoms with E-state index in [0.717, 1.165) is 0 Å². The van der Waals surface area contributed by atoms with Gasteiger partial charge in [-0.05, 0) is 6.08 Å². The highest BCUT2D eigenvalue weighted by molar-refractivity contribution is 6.05. The third-order valence-electron chi connectivity index (χ3n) is 2.51. The van der Waals surface area contributed by atoms with Gasteiger partial charge >= 0.3 is 5.97 Å². The predicted molar refractivity (Wildman–Crippen MR) is 57.2 cm³/mol. The van der Waals surface area contributed by atoms with Crippen molar-refractivity contribution in [2.75, 3.05) is 0 Å². The Morgan fingerprint density at radius 2 is 2.20 bits per heavy atom. The maximum Gasteiger partial charge on any atom is 0.306 e. The zero-order chi connectivity index (χ0) is 11.6. The number of carbonyl (C=O) groups excluding carboxylic acids is 2. The molecule has 1 aliphatic rings. The minimum absolute atomic E-state index is 0.164. The van der Waals surface area contributed by atoms with Crippen LogP contribution in [0.1, 0.15) is 27.2 Å². The second-order valence-corrected chi connectivity index (χ2v) is 4.27. The van der Waals surface area contributed by atoms with Crippen molar-refractivity contribution in [3.8, 4) is 0 Å². The lowest BCUT2D eigenvalue weighted by Gasteiger charge is -2.34. The summed E-state index contributed by atoms with van der Waals surface area (Å²) < 4.78 is 5.23. The molecule has 0 spiro atoms. The highest BCUT2D eigenvalue weighted by Gasteiger charge is 2.37. The Hall–Kier alpha value is -1.38. The van der Waals surface area contributed by atoms with Crippen LogP contribution in [0.2, 0.25) is 0 Å². The van der Waals surface area contributed by atoms with E-state index >= 15 is 0 Å². The molecule has 1 rings (SSSR count). The Bertz CT molecular complexity index is 337. The standard InChI is InChI=1S/C12H16O3/c1-5-10(14)15-11-8(2)9(13)6-7-12(11,3)4/h6-7,11H,2,5H2,1,3-4H3. The van der Waals surface area contributed by atoms with Crippen LogP contribution < -0.4 is 0 Å². The summed E-state index contributed by atoms with van der Waals surface area (Å²) in [5.41, 5.74) is -0.0141. The van der Waals surface area contributed by atoms with Gasteiger partial charge in [0.2, 0.25) is 0 Å². The van der Waals surface area contributed by atoms with Crippen molar-refractivity contribution in [2.45, 2.75) is 33.3 Å². The van der Waals surface area contributed by atoms with Crippen molar-refractivity contribution in [2.24, 2.45) is 5.41 Å². The van der Waals surface area contributed by atoms with Crippen molar-refractivity contribution in [1.29, 1.82) is 0 Å². The van der Waals surface area contributed by atoms with Gasteiger partial charge in [0.25, 0.3) is 0 Å². The fourth-order valence-electron chi connectivity index (χ4n) is 1.50. The van der Waals surface area contributed by atoms with Crippen molar-refractivity contribution in [3.05, 3.63) is 24.3 Å². The third kappa shape index (κ3) is 2.35. The van der Waals surface area contributed by atoms with Crippen LogP contribution >= 0.6 is 0 Å². The zero-order valence-corrected chi connectivity index (χ0v) is 9.37. The highest BCUT2D eigenvalue weighted by atomic mass is 16.5. The average molecular weight is 208 g/mol. The number of hydrogen-bond acceptors (Lipinski definition) is 3. The van der Waals surface area contributed by atoms with Gasteiger partial charge in [0, 0.05) is 17.4 Å². The molecule has 0 radical (unpaired) electrons. The number of allylic oxidation sites excluding steroid dienone is 1. The molecule has 3 heteroatoms. The number of rotatable bonds is 2. The molecule has 1 aliphatic carbocycles. The molecule has 0 aromatic rings. The first-order valence-electron chi connectivity index (χ1n) is 5.00. The Balaban J connectivity index is 2.93. The lowest BCUT2D eigenvalue weighted by molar-refractivity contribution is -0.151. The van der Waals surface area contributed by atoms with Crippen LogP contribution in [0.5, 0.6) is 0 Å². The SMILES string of the molecule is C=C1C(=O)C=CC(C)(C)C1OC(=O)CC. The van der Waals surface area contributed by atoms with E-state index in [0.29, 0.717) is 12.0 Å². The summed E-state index contributed by atoms with van der Waals surface area (Å²) in [6, 6.07) is 0. The molecule has 1 unspecified atom stereocenters. The van der Waals surface area contributed by atoms with E-state index in [-0.39, 0.29) is 17.2 Å². The molecule has 0 N–H and O–H groups in total. The lowest BCUT2D eigenvalue weighted by atomic mass is 9.77. The van der Waals surface area contributed by atoms with Gasteiger partial charge in [-0.2, -0.15) is 0 Å².